The van der Waals surface area contributed by atoms with Crippen LogP contribution in [-0.4, -0.2) is 31.8 Å². The molecule has 0 aromatic heterocycles. The normalized spacial score (nSPS) is 9.80. The SMILES string of the molecule is C=C(CN)COCCSC. The van der Waals surface area contributed by atoms with E-state index in [0.717, 1.165) is 17.9 Å². The van der Waals surface area contributed by atoms with Gasteiger partial charge in [0.15, 0.2) is 0 Å². The van der Waals surface area contributed by atoms with Gasteiger partial charge < -0.3 is 10.5 Å². The molecule has 0 saturated heterocycles. The zero-order valence-electron chi connectivity index (χ0n) is 6.43. The quantitative estimate of drug-likeness (QED) is 0.464. The van der Waals surface area contributed by atoms with Gasteiger partial charge in [-0.25, -0.2) is 0 Å². The fourth-order valence-corrected chi connectivity index (χ4v) is 0.702. The molecule has 10 heavy (non-hydrogen) atoms. The first kappa shape index (κ1) is 10.0. The molecule has 0 aromatic carbocycles. The van der Waals surface area contributed by atoms with Gasteiger partial charge in [0.05, 0.1) is 13.2 Å². The molecule has 0 aliphatic rings. The number of hydrogen-bond acceptors (Lipinski definition) is 3. The Hall–Kier alpha value is 0.0100. The van der Waals surface area contributed by atoms with E-state index in [-0.39, 0.29) is 0 Å². The van der Waals surface area contributed by atoms with Crippen LogP contribution in [0.3, 0.4) is 0 Å². The molecule has 0 fully saturated rings. The Morgan fingerprint density at radius 3 is 2.90 bits per heavy atom. The van der Waals surface area contributed by atoms with Gasteiger partial charge >= 0.3 is 0 Å². The Morgan fingerprint density at radius 1 is 1.70 bits per heavy atom. The van der Waals surface area contributed by atoms with E-state index < -0.39 is 0 Å². The first-order valence-corrected chi connectivity index (χ1v) is 4.64. The van der Waals surface area contributed by atoms with Gasteiger partial charge in [-0.15, -0.1) is 0 Å². The second-order valence-electron chi connectivity index (χ2n) is 2.00. The number of rotatable bonds is 6. The monoisotopic (exact) mass is 161 g/mol. The minimum absolute atomic E-state index is 0.527. The molecule has 0 aliphatic heterocycles. The van der Waals surface area contributed by atoms with Crippen LogP contribution in [0.15, 0.2) is 12.2 Å². The molecule has 0 rings (SSSR count). The number of nitrogens with two attached hydrogens (primary N) is 1. The minimum Gasteiger partial charge on any atom is -0.376 e. The largest absolute Gasteiger partial charge is 0.376 e. The van der Waals surface area contributed by atoms with Crippen molar-refractivity contribution in [1.82, 2.24) is 0 Å². The van der Waals surface area contributed by atoms with Gasteiger partial charge in [0.25, 0.3) is 0 Å². The smallest absolute Gasteiger partial charge is 0.0686 e. The van der Waals surface area contributed by atoms with E-state index in [1.165, 1.54) is 0 Å². The fraction of sp³-hybridized carbons (Fsp3) is 0.714. The van der Waals surface area contributed by atoms with Gasteiger partial charge in [-0.3, -0.25) is 0 Å². The van der Waals surface area contributed by atoms with Crippen molar-refractivity contribution in [3.63, 3.8) is 0 Å². The first-order valence-electron chi connectivity index (χ1n) is 3.24. The Labute approximate surface area is 66.8 Å². The lowest BCUT2D eigenvalue weighted by molar-refractivity contribution is 0.173. The Morgan fingerprint density at radius 2 is 2.40 bits per heavy atom. The zero-order valence-corrected chi connectivity index (χ0v) is 7.25. The zero-order chi connectivity index (χ0) is 7.82. The van der Waals surface area contributed by atoms with Crippen molar-refractivity contribution >= 4 is 11.8 Å². The van der Waals surface area contributed by atoms with Gasteiger partial charge in [-0.2, -0.15) is 11.8 Å². The lowest BCUT2D eigenvalue weighted by atomic mass is 10.3. The third-order valence-corrected chi connectivity index (χ3v) is 1.60. The summed E-state index contributed by atoms with van der Waals surface area (Å²) in [5.74, 6) is 1.04. The standard InChI is InChI=1S/C7H15NOS/c1-7(5-8)6-9-3-4-10-2/h1,3-6,8H2,2H3. The van der Waals surface area contributed by atoms with Crippen LogP contribution < -0.4 is 5.73 Å². The summed E-state index contributed by atoms with van der Waals surface area (Å²) in [6, 6.07) is 0. The average molecular weight is 161 g/mol. The van der Waals surface area contributed by atoms with Crippen LogP contribution in [0.1, 0.15) is 0 Å². The molecule has 2 N–H and O–H groups in total. The van der Waals surface area contributed by atoms with E-state index in [1.54, 1.807) is 11.8 Å². The van der Waals surface area contributed by atoms with Crippen molar-refractivity contribution in [2.45, 2.75) is 0 Å². The highest BCUT2D eigenvalue weighted by Gasteiger charge is 1.89. The van der Waals surface area contributed by atoms with Crippen LogP contribution in [0.2, 0.25) is 0 Å². The van der Waals surface area contributed by atoms with Crippen molar-refractivity contribution < 1.29 is 4.74 Å². The minimum atomic E-state index is 0.527. The van der Waals surface area contributed by atoms with E-state index in [1.807, 2.05) is 0 Å². The molecule has 0 radical (unpaired) electrons. The van der Waals surface area contributed by atoms with Crippen molar-refractivity contribution in [1.29, 1.82) is 0 Å². The second-order valence-corrected chi connectivity index (χ2v) is 2.99. The molecular formula is C7H15NOS. The van der Waals surface area contributed by atoms with Crippen LogP contribution in [0.25, 0.3) is 0 Å². The predicted molar refractivity (Wildman–Crippen MR) is 47.4 cm³/mol. The van der Waals surface area contributed by atoms with E-state index in [2.05, 4.69) is 12.8 Å². The highest BCUT2D eigenvalue weighted by atomic mass is 32.2. The molecule has 3 heteroatoms. The molecule has 0 unspecified atom stereocenters. The summed E-state index contributed by atoms with van der Waals surface area (Å²) < 4.78 is 5.23. The maximum absolute atomic E-state index is 5.30. The number of ether oxygens (including phenoxy) is 1. The molecule has 0 aromatic rings. The maximum atomic E-state index is 5.30. The fourth-order valence-electron chi connectivity index (χ4n) is 0.418. The van der Waals surface area contributed by atoms with Crippen molar-refractivity contribution in [2.24, 2.45) is 5.73 Å². The van der Waals surface area contributed by atoms with E-state index in [9.17, 15) is 0 Å². The second kappa shape index (κ2) is 7.12. The summed E-state index contributed by atoms with van der Waals surface area (Å²) in [6.45, 7) is 5.64. The topological polar surface area (TPSA) is 35.2 Å². The van der Waals surface area contributed by atoms with Crippen LogP contribution in [0, 0.1) is 0 Å². The van der Waals surface area contributed by atoms with E-state index in [4.69, 9.17) is 10.5 Å². The lowest BCUT2D eigenvalue weighted by Crippen LogP contribution is -2.09. The highest BCUT2D eigenvalue weighted by Crippen LogP contribution is 1.93. The summed E-state index contributed by atoms with van der Waals surface area (Å²) in [5.41, 5.74) is 6.26. The van der Waals surface area contributed by atoms with Crippen molar-refractivity contribution in [2.75, 3.05) is 31.8 Å². The van der Waals surface area contributed by atoms with Gasteiger partial charge in [0.1, 0.15) is 0 Å². The van der Waals surface area contributed by atoms with E-state index in [0.29, 0.717) is 13.2 Å². The predicted octanol–water partition coefficient (Wildman–Crippen LogP) is 0.881. The molecule has 2 nitrogen and oxygen atoms in total. The molecular weight excluding hydrogens is 146 g/mol. The summed E-state index contributed by atoms with van der Waals surface area (Å²) in [4.78, 5) is 0. The average Bonchev–Trinajstić information content (AvgIpc) is 1.98. The summed E-state index contributed by atoms with van der Waals surface area (Å²) in [5, 5.41) is 0. The molecule has 0 bridgehead atoms. The third-order valence-electron chi connectivity index (χ3n) is 1.03. The van der Waals surface area contributed by atoms with Crippen LogP contribution in [0.5, 0.6) is 0 Å². The Bertz CT molecular complexity index is 95.6. The highest BCUT2D eigenvalue weighted by molar-refractivity contribution is 7.98. The molecule has 0 amide bonds. The molecule has 0 aliphatic carbocycles. The summed E-state index contributed by atoms with van der Waals surface area (Å²) in [7, 11) is 0. The summed E-state index contributed by atoms with van der Waals surface area (Å²) >= 11 is 1.77. The Kier molecular flexibility index (Phi) is 7.13. The Balaban J connectivity index is 2.96. The first-order chi connectivity index (χ1) is 4.81. The van der Waals surface area contributed by atoms with Crippen LogP contribution in [0.4, 0.5) is 0 Å². The number of hydrogen-bond donors (Lipinski definition) is 1. The van der Waals surface area contributed by atoms with Gasteiger partial charge in [-0.1, -0.05) is 6.58 Å². The van der Waals surface area contributed by atoms with Crippen molar-refractivity contribution in [3.8, 4) is 0 Å². The van der Waals surface area contributed by atoms with Crippen molar-refractivity contribution in [3.05, 3.63) is 12.2 Å². The molecule has 0 heterocycles. The molecule has 0 atom stereocenters. The molecule has 0 spiro atoms. The van der Waals surface area contributed by atoms with Crippen LogP contribution >= 0.6 is 11.8 Å². The van der Waals surface area contributed by atoms with E-state index >= 15 is 0 Å². The van der Waals surface area contributed by atoms with Gasteiger partial charge in [-0.05, 0) is 11.8 Å². The lowest BCUT2D eigenvalue weighted by Gasteiger charge is -2.02. The number of thioether (sulfide) groups is 1. The van der Waals surface area contributed by atoms with Crippen LogP contribution in [-0.2, 0) is 4.74 Å². The molecule has 0 saturated carbocycles. The summed E-state index contributed by atoms with van der Waals surface area (Å²) in [6.07, 6.45) is 2.06. The maximum Gasteiger partial charge on any atom is 0.0686 e. The molecule has 60 valence electrons. The van der Waals surface area contributed by atoms with Gasteiger partial charge in [0, 0.05) is 12.3 Å². The van der Waals surface area contributed by atoms with Gasteiger partial charge in [0.2, 0.25) is 0 Å². The third kappa shape index (κ3) is 6.13.